The molecule has 0 fully saturated rings. The van der Waals surface area contributed by atoms with Crippen molar-refractivity contribution in [3.8, 4) is 0 Å². The molecule has 0 radical (unpaired) electrons. The third kappa shape index (κ3) is 3.81. The van der Waals surface area contributed by atoms with E-state index < -0.39 is 10.0 Å². The number of aromatic nitrogens is 1. The number of benzene rings is 2. The number of rotatable bonds is 7. The lowest BCUT2D eigenvalue weighted by Crippen LogP contribution is -2.12. The largest absolute Gasteiger partial charge is 0.381 e. The van der Waals surface area contributed by atoms with Gasteiger partial charge in [0.1, 0.15) is 5.82 Å². The molecule has 0 aliphatic rings. The highest BCUT2D eigenvalue weighted by molar-refractivity contribution is 7.89. The van der Waals surface area contributed by atoms with Crippen LogP contribution in [0, 0.1) is 0 Å². The number of fused-ring (bicyclic) bond motifs is 1. The van der Waals surface area contributed by atoms with E-state index in [1.54, 1.807) is 12.1 Å². The first-order chi connectivity index (χ1) is 12.0. The maximum atomic E-state index is 11.3. The summed E-state index contributed by atoms with van der Waals surface area (Å²) in [5.74, 6) is 0.612. The normalized spacial score (nSPS) is 11.4. The number of amides is 1. The molecule has 0 saturated carbocycles. The summed E-state index contributed by atoms with van der Waals surface area (Å²) in [6.07, 6.45) is 1.31. The molecule has 0 aliphatic carbocycles. The highest BCUT2D eigenvalue weighted by Crippen LogP contribution is 2.31. The van der Waals surface area contributed by atoms with Crippen molar-refractivity contribution < 1.29 is 13.2 Å². The van der Waals surface area contributed by atoms with Crippen molar-refractivity contribution in [1.29, 1.82) is 0 Å². The van der Waals surface area contributed by atoms with Crippen LogP contribution in [0.1, 0.15) is 5.56 Å². The van der Waals surface area contributed by atoms with Gasteiger partial charge in [0.2, 0.25) is 16.4 Å². The number of anilines is 2. The first-order valence-corrected chi connectivity index (χ1v) is 9.20. The van der Waals surface area contributed by atoms with Crippen molar-refractivity contribution in [3.63, 3.8) is 0 Å². The van der Waals surface area contributed by atoms with Gasteiger partial charge in [0.05, 0.1) is 10.6 Å². The van der Waals surface area contributed by atoms with Gasteiger partial charge >= 0.3 is 0 Å². The van der Waals surface area contributed by atoms with Crippen LogP contribution < -0.4 is 15.8 Å². The maximum Gasteiger partial charge on any atom is 0.238 e. The van der Waals surface area contributed by atoms with Gasteiger partial charge in [0, 0.05) is 17.4 Å². The van der Waals surface area contributed by atoms with E-state index in [9.17, 15) is 13.2 Å². The Morgan fingerprint density at radius 2 is 1.80 bits per heavy atom. The standard InChI is InChI=1S/C17H18N4O3S/c18-25(23,24)13-7-5-12(6-8-13)9-10-19-16-14-3-1-2-4-15(14)21-17(16)20-11-22/h1-8,11,19,21H,9-10H2,(H,20,22)(H2,18,23,24). The zero-order valence-corrected chi connectivity index (χ0v) is 14.1. The maximum absolute atomic E-state index is 11.3. The van der Waals surface area contributed by atoms with Crippen molar-refractivity contribution in [2.45, 2.75) is 11.3 Å². The Balaban J connectivity index is 1.72. The van der Waals surface area contributed by atoms with Crippen LogP contribution in [0.3, 0.4) is 0 Å². The molecule has 1 heterocycles. The van der Waals surface area contributed by atoms with Gasteiger partial charge in [-0.1, -0.05) is 30.3 Å². The number of para-hydroxylation sites is 1. The number of sulfonamides is 1. The molecule has 130 valence electrons. The molecular weight excluding hydrogens is 340 g/mol. The summed E-state index contributed by atoms with van der Waals surface area (Å²) in [5.41, 5.74) is 2.72. The molecule has 25 heavy (non-hydrogen) atoms. The van der Waals surface area contributed by atoms with Crippen molar-refractivity contribution in [1.82, 2.24) is 4.98 Å². The van der Waals surface area contributed by atoms with Crippen LogP contribution in [0.2, 0.25) is 0 Å². The Kier molecular flexibility index (Phi) is 4.73. The van der Waals surface area contributed by atoms with Crippen LogP contribution in [0.25, 0.3) is 10.9 Å². The lowest BCUT2D eigenvalue weighted by Gasteiger charge is -2.08. The van der Waals surface area contributed by atoms with E-state index in [1.807, 2.05) is 24.3 Å². The van der Waals surface area contributed by atoms with Crippen molar-refractivity contribution >= 4 is 38.8 Å². The minimum Gasteiger partial charge on any atom is -0.381 e. The van der Waals surface area contributed by atoms with Crippen molar-refractivity contribution in [2.75, 3.05) is 17.2 Å². The number of carbonyl (C=O) groups is 1. The highest BCUT2D eigenvalue weighted by atomic mass is 32.2. The average molecular weight is 358 g/mol. The zero-order valence-electron chi connectivity index (χ0n) is 13.3. The highest BCUT2D eigenvalue weighted by Gasteiger charge is 2.10. The molecule has 5 N–H and O–H groups in total. The zero-order chi connectivity index (χ0) is 17.9. The lowest BCUT2D eigenvalue weighted by atomic mass is 10.1. The van der Waals surface area contributed by atoms with Crippen LogP contribution in [-0.2, 0) is 21.2 Å². The number of H-pyrrole nitrogens is 1. The fourth-order valence-electron chi connectivity index (χ4n) is 2.67. The quantitative estimate of drug-likeness (QED) is 0.483. The van der Waals surface area contributed by atoms with Crippen LogP contribution in [-0.4, -0.2) is 26.4 Å². The summed E-state index contributed by atoms with van der Waals surface area (Å²) in [6, 6.07) is 14.2. The molecular formula is C17H18N4O3S. The number of hydrogen-bond acceptors (Lipinski definition) is 4. The molecule has 0 unspecified atom stereocenters. The first kappa shape index (κ1) is 17.0. The van der Waals surface area contributed by atoms with E-state index in [4.69, 9.17) is 5.14 Å². The van der Waals surface area contributed by atoms with Gasteiger partial charge in [-0.25, -0.2) is 13.6 Å². The van der Waals surface area contributed by atoms with E-state index in [0.29, 0.717) is 25.2 Å². The SMILES string of the molecule is NS(=O)(=O)c1ccc(CCNc2c(NC=O)[nH]c3ccccc23)cc1. The predicted octanol–water partition coefficient (Wildman–Crippen LogP) is 2.04. The van der Waals surface area contributed by atoms with Crippen molar-refractivity contribution in [3.05, 3.63) is 54.1 Å². The van der Waals surface area contributed by atoms with Gasteiger partial charge in [-0.3, -0.25) is 4.79 Å². The molecule has 1 aromatic heterocycles. The summed E-state index contributed by atoms with van der Waals surface area (Å²) in [5, 5.41) is 12.1. The van der Waals surface area contributed by atoms with Gasteiger partial charge in [-0.2, -0.15) is 0 Å². The molecule has 8 heteroatoms. The third-order valence-corrected chi connectivity index (χ3v) is 4.81. The van der Waals surface area contributed by atoms with E-state index in [2.05, 4.69) is 15.6 Å². The second-order valence-electron chi connectivity index (χ2n) is 5.55. The average Bonchev–Trinajstić information content (AvgIpc) is 2.93. The Hall–Kier alpha value is -2.84. The fourth-order valence-corrected chi connectivity index (χ4v) is 3.19. The van der Waals surface area contributed by atoms with E-state index in [0.717, 1.165) is 22.2 Å². The van der Waals surface area contributed by atoms with Crippen LogP contribution in [0.15, 0.2) is 53.4 Å². The Morgan fingerprint density at radius 1 is 1.08 bits per heavy atom. The van der Waals surface area contributed by atoms with Gasteiger partial charge in [-0.15, -0.1) is 0 Å². The minimum atomic E-state index is -3.67. The van der Waals surface area contributed by atoms with Gasteiger partial charge in [0.15, 0.2) is 0 Å². The number of nitrogens with one attached hydrogen (secondary N) is 3. The van der Waals surface area contributed by atoms with E-state index >= 15 is 0 Å². The molecule has 3 rings (SSSR count). The van der Waals surface area contributed by atoms with Gasteiger partial charge in [0.25, 0.3) is 0 Å². The second-order valence-corrected chi connectivity index (χ2v) is 7.11. The molecule has 0 aliphatic heterocycles. The molecule has 3 aromatic rings. The summed E-state index contributed by atoms with van der Waals surface area (Å²) in [7, 11) is -3.67. The summed E-state index contributed by atoms with van der Waals surface area (Å²) in [4.78, 5) is 14.0. The Labute approximate surface area is 145 Å². The molecule has 0 bridgehead atoms. The molecule has 0 atom stereocenters. The Bertz CT molecular complexity index is 994. The number of hydrogen-bond donors (Lipinski definition) is 4. The van der Waals surface area contributed by atoms with Crippen LogP contribution in [0.4, 0.5) is 11.5 Å². The molecule has 0 saturated heterocycles. The first-order valence-electron chi connectivity index (χ1n) is 7.65. The molecule has 7 nitrogen and oxygen atoms in total. The molecule has 1 amide bonds. The summed E-state index contributed by atoms with van der Waals surface area (Å²) < 4.78 is 22.5. The predicted molar refractivity (Wildman–Crippen MR) is 98.0 cm³/mol. The fraction of sp³-hybridized carbons (Fsp3) is 0.118. The number of nitrogens with two attached hydrogens (primary N) is 1. The van der Waals surface area contributed by atoms with Crippen LogP contribution in [0.5, 0.6) is 0 Å². The van der Waals surface area contributed by atoms with Gasteiger partial charge in [-0.05, 0) is 30.2 Å². The monoisotopic (exact) mass is 358 g/mol. The molecule has 2 aromatic carbocycles. The Morgan fingerprint density at radius 3 is 2.48 bits per heavy atom. The second kappa shape index (κ2) is 6.96. The smallest absolute Gasteiger partial charge is 0.238 e. The number of aromatic amines is 1. The lowest BCUT2D eigenvalue weighted by molar-refractivity contribution is -0.105. The number of primary sulfonamides is 1. The van der Waals surface area contributed by atoms with E-state index in [-0.39, 0.29) is 4.90 Å². The summed E-state index contributed by atoms with van der Waals surface area (Å²) >= 11 is 0. The van der Waals surface area contributed by atoms with Gasteiger partial charge < -0.3 is 15.6 Å². The summed E-state index contributed by atoms with van der Waals surface area (Å²) in [6.45, 7) is 0.615. The number of carbonyl (C=O) groups excluding carboxylic acids is 1. The van der Waals surface area contributed by atoms with Crippen LogP contribution >= 0.6 is 0 Å². The third-order valence-electron chi connectivity index (χ3n) is 3.88. The minimum absolute atomic E-state index is 0.0957. The molecule has 0 spiro atoms. The topological polar surface area (TPSA) is 117 Å². The van der Waals surface area contributed by atoms with Crippen molar-refractivity contribution in [2.24, 2.45) is 5.14 Å². The van der Waals surface area contributed by atoms with E-state index in [1.165, 1.54) is 12.1 Å².